The van der Waals surface area contributed by atoms with E-state index in [2.05, 4.69) is 5.10 Å². The van der Waals surface area contributed by atoms with Crippen LogP contribution in [0.5, 0.6) is 0 Å². The minimum Gasteiger partial charge on any atom is -0.298 e. The minimum atomic E-state index is -3.08. The fourth-order valence-corrected chi connectivity index (χ4v) is 2.18. The Kier molecular flexibility index (Phi) is 4.32. The fourth-order valence-electron chi connectivity index (χ4n) is 1.41. The zero-order valence-corrected chi connectivity index (χ0v) is 11.5. The maximum atomic E-state index is 11.1. The summed E-state index contributed by atoms with van der Waals surface area (Å²) in [6, 6.07) is 0. The van der Waals surface area contributed by atoms with Gasteiger partial charge in [-0.15, -0.1) is 0 Å². The highest BCUT2D eigenvalue weighted by Gasteiger charge is 2.18. The third-order valence-corrected chi connectivity index (χ3v) is 3.61. The maximum absolute atomic E-state index is 11.1. The third-order valence-electron chi connectivity index (χ3n) is 2.29. The van der Waals surface area contributed by atoms with Crippen molar-refractivity contribution in [2.45, 2.75) is 26.3 Å². The van der Waals surface area contributed by atoms with Crippen molar-refractivity contribution in [2.75, 3.05) is 12.0 Å². The molecule has 0 radical (unpaired) electrons. The molecule has 0 fully saturated rings. The van der Waals surface area contributed by atoms with E-state index in [0.717, 1.165) is 6.26 Å². The lowest BCUT2D eigenvalue weighted by molar-refractivity contribution is 0.112. The first kappa shape index (κ1) is 14.2. The Morgan fingerprint density at radius 2 is 2.06 bits per heavy atom. The summed E-state index contributed by atoms with van der Waals surface area (Å²) in [7, 11) is -3.08. The van der Waals surface area contributed by atoms with Gasteiger partial charge in [0.25, 0.3) is 0 Å². The summed E-state index contributed by atoms with van der Waals surface area (Å²) in [6.07, 6.45) is 1.80. The molecule has 0 bridgehead atoms. The van der Waals surface area contributed by atoms with Crippen molar-refractivity contribution in [2.24, 2.45) is 0 Å². The highest BCUT2D eigenvalue weighted by atomic mass is 35.5. The Hall–Kier alpha value is -0.880. The second kappa shape index (κ2) is 5.18. The van der Waals surface area contributed by atoms with Gasteiger partial charge in [0, 0.05) is 6.26 Å². The molecule has 0 aliphatic carbocycles. The summed E-state index contributed by atoms with van der Waals surface area (Å²) in [6.45, 7) is 3.95. The second-order valence-electron chi connectivity index (χ2n) is 4.22. The quantitative estimate of drug-likeness (QED) is 0.766. The fraction of sp³-hybridized carbons (Fsp3) is 0.600. The number of hydrogen-bond acceptors (Lipinski definition) is 4. The summed E-state index contributed by atoms with van der Waals surface area (Å²) in [5, 5.41) is 4.37. The van der Waals surface area contributed by atoms with Crippen LogP contribution in [0.2, 0.25) is 5.15 Å². The number of carbonyl (C=O) groups is 1. The summed E-state index contributed by atoms with van der Waals surface area (Å²) in [4.78, 5) is 10.9. The molecule has 1 heterocycles. The van der Waals surface area contributed by atoms with Crippen molar-refractivity contribution >= 4 is 27.7 Å². The molecule has 0 aliphatic heterocycles. The van der Waals surface area contributed by atoms with Gasteiger partial charge in [-0.25, -0.2) is 8.42 Å². The Bertz CT molecular complexity index is 520. The van der Waals surface area contributed by atoms with E-state index in [1.165, 1.54) is 4.68 Å². The molecule has 7 heteroatoms. The summed E-state index contributed by atoms with van der Waals surface area (Å²) in [5.74, 6) is 0.0109. The molecule has 96 valence electrons. The smallest absolute Gasteiger partial charge is 0.155 e. The summed E-state index contributed by atoms with van der Waals surface area (Å²) < 4.78 is 23.5. The average Bonchev–Trinajstić information content (AvgIpc) is 2.51. The maximum Gasteiger partial charge on any atom is 0.155 e. The Morgan fingerprint density at radius 3 is 2.41 bits per heavy atom. The molecule has 0 amide bonds. The van der Waals surface area contributed by atoms with Crippen molar-refractivity contribution < 1.29 is 13.2 Å². The molecular formula is C10H15ClN2O3S. The topological polar surface area (TPSA) is 69.0 Å². The number of aromatic nitrogens is 2. The number of aryl methyl sites for hydroxylation is 1. The van der Waals surface area contributed by atoms with Gasteiger partial charge in [-0.3, -0.25) is 9.48 Å². The number of hydrogen-bond donors (Lipinski definition) is 0. The standard InChI is InChI=1S/C10H15ClN2O3S/c1-7(2)9-8(6-14)10(11)13(12-9)4-5-17(3,15)16/h6-7H,4-5H2,1-3H3. The molecule has 1 rings (SSSR count). The molecule has 0 saturated heterocycles. The van der Waals surface area contributed by atoms with Gasteiger partial charge in [-0.1, -0.05) is 25.4 Å². The predicted octanol–water partition coefficient (Wildman–Crippen LogP) is 1.52. The zero-order chi connectivity index (χ0) is 13.2. The number of aldehydes is 1. The van der Waals surface area contributed by atoms with Crippen LogP contribution in [-0.4, -0.2) is 36.5 Å². The number of nitrogens with zero attached hydrogens (tertiary/aromatic N) is 2. The van der Waals surface area contributed by atoms with E-state index in [0.29, 0.717) is 17.5 Å². The first-order chi connectivity index (χ1) is 7.76. The molecule has 0 N–H and O–H groups in total. The van der Waals surface area contributed by atoms with E-state index in [1.807, 2.05) is 13.8 Å². The van der Waals surface area contributed by atoms with Crippen LogP contribution in [0.4, 0.5) is 0 Å². The van der Waals surface area contributed by atoms with Crippen LogP contribution in [0.25, 0.3) is 0 Å². The SMILES string of the molecule is CC(C)c1nn(CCS(C)(=O)=O)c(Cl)c1C=O. The van der Waals surface area contributed by atoms with Crippen molar-refractivity contribution in [3.05, 3.63) is 16.4 Å². The van der Waals surface area contributed by atoms with Gasteiger partial charge in [-0.05, 0) is 5.92 Å². The second-order valence-corrected chi connectivity index (χ2v) is 6.83. The van der Waals surface area contributed by atoms with E-state index in [9.17, 15) is 13.2 Å². The predicted molar refractivity (Wildman–Crippen MR) is 66.4 cm³/mol. The molecule has 0 aliphatic rings. The van der Waals surface area contributed by atoms with Gasteiger partial charge in [-0.2, -0.15) is 5.10 Å². The van der Waals surface area contributed by atoms with Crippen molar-refractivity contribution in [3.63, 3.8) is 0 Å². The van der Waals surface area contributed by atoms with Gasteiger partial charge in [0.1, 0.15) is 15.0 Å². The largest absolute Gasteiger partial charge is 0.298 e. The molecule has 0 atom stereocenters. The van der Waals surface area contributed by atoms with Gasteiger partial charge in [0.2, 0.25) is 0 Å². The molecule has 17 heavy (non-hydrogen) atoms. The Balaban J connectivity index is 3.06. The lowest BCUT2D eigenvalue weighted by atomic mass is 10.1. The van der Waals surface area contributed by atoms with E-state index in [-0.39, 0.29) is 23.4 Å². The van der Waals surface area contributed by atoms with Crippen LogP contribution in [-0.2, 0) is 16.4 Å². The molecule has 0 unspecified atom stereocenters. The van der Waals surface area contributed by atoms with Crippen LogP contribution in [0.3, 0.4) is 0 Å². The lowest BCUT2D eigenvalue weighted by Crippen LogP contribution is -2.12. The van der Waals surface area contributed by atoms with Gasteiger partial charge >= 0.3 is 0 Å². The Morgan fingerprint density at radius 1 is 1.47 bits per heavy atom. The number of halogens is 1. The lowest BCUT2D eigenvalue weighted by Gasteiger charge is -2.01. The number of rotatable bonds is 5. The summed E-state index contributed by atoms with van der Waals surface area (Å²) in [5.41, 5.74) is 0.939. The zero-order valence-electron chi connectivity index (χ0n) is 9.97. The minimum absolute atomic E-state index is 0.0514. The normalized spacial score (nSPS) is 12.1. The molecule has 1 aromatic rings. The van der Waals surface area contributed by atoms with E-state index < -0.39 is 9.84 Å². The van der Waals surface area contributed by atoms with E-state index in [4.69, 9.17) is 11.6 Å². The monoisotopic (exact) mass is 278 g/mol. The molecule has 1 aromatic heterocycles. The van der Waals surface area contributed by atoms with Crippen LogP contribution < -0.4 is 0 Å². The van der Waals surface area contributed by atoms with E-state index >= 15 is 0 Å². The van der Waals surface area contributed by atoms with Crippen molar-refractivity contribution in [3.8, 4) is 0 Å². The molecule has 0 saturated carbocycles. The first-order valence-corrected chi connectivity index (χ1v) is 7.59. The van der Waals surface area contributed by atoms with E-state index in [1.54, 1.807) is 0 Å². The number of sulfone groups is 1. The highest BCUT2D eigenvalue weighted by molar-refractivity contribution is 7.90. The van der Waals surface area contributed by atoms with Crippen molar-refractivity contribution in [1.29, 1.82) is 0 Å². The van der Waals surface area contributed by atoms with Gasteiger partial charge in [0.15, 0.2) is 6.29 Å². The average molecular weight is 279 g/mol. The van der Waals surface area contributed by atoms with Crippen LogP contribution in [0, 0.1) is 0 Å². The highest BCUT2D eigenvalue weighted by Crippen LogP contribution is 2.24. The third kappa shape index (κ3) is 3.54. The first-order valence-electron chi connectivity index (χ1n) is 5.15. The van der Waals surface area contributed by atoms with Crippen LogP contribution in [0.15, 0.2) is 0 Å². The van der Waals surface area contributed by atoms with Crippen LogP contribution in [0.1, 0.15) is 35.8 Å². The Labute approximate surface area is 106 Å². The molecular weight excluding hydrogens is 264 g/mol. The molecule has 0 spiro atoms. The molecule has 0 aromatic carbocycles. The van der Waals surface area contributed by atoms with Gasteiger partial charge < -0.3 is 0 Å². The summed E-state index contributed by atoms with van der Waals surface area (Å²) >= 11 is 5.98. The molecule has 5 nitrogen and oxygen atoms in total. The van der Waals surface area contributed by atoms with Crippen LogP contribution >= 0.6 is 11.6 Å². The number of carbonyl (C=O) groups excluding carboxylic acids is 1. The van der Waals surface area contributed by atoms with Gasteiger partial charge in [0.05, 0.1) is 23.6 Å². The van der Waals surface area contributed by atoms with Crippen molar-refractivity contribution in [1.82, 2.24) is 9.78 Å².